The summed E-state index contributed by atoms with van der Waals surface area (Å²) in [7, 11) is 0. The zero-order valence-corrected chi connectivity index (χ0v) is 14.8. The standard InChI is InChI=1S/C20H18F3N3O2/c21-20(22,23)14-6-7-16-17(9-14)26(15-4-2-1-3-5-15)19(28)25-18(16)24-10-12-8-13(12)11-27/h1-7,9,12-13,27H,8,10-11H2,(H,24,25,28). The van der Waals surface area contributed by atoms with Gasteiger partial charge >= 0.3 is 11.9 Å². The van der Waals surface area contributed by atoms with Crippen LogP contribution in [0.25, 0.3) is 16.6 Å². The smallest absolute Gasteiger partial charge is 0.396 e. The lowest BCUT2D eigenvalue weighted by molar-refractivity contribution is -0.137. The van der Waals surface area contributed by atoms with Gasteiger partial charge in [-0.3, -0.25) is 4.57 Å². The van der Waals surface area contributed by atoms with Crippen molar-refractivity contribution < 1.29 is 18.3 Å². The molecule has 0 saturated heterocycles. The van der Waals surface area contributed by atoms with Crippen molar-refractivity contribution in [2.24, 2.45) is 11.8 Å². The molecule has 1 saturated carbocycles. The van der Waals surface area contributed by atoms with E-state index in [1.807, 2.05) is 0 Å². The minimum atomic E-state index is -4.52. The zero-order chi connectivity index (χ0) is 19.9. The summed E-state index contributed by atoms with van der Waals surface area (Å²) >= 11 is 0. The number of hydrogen-bond donors (Lipinski definition) is 2. The Labute approximate surface area is 158 Å². The molecule has 1 aliphatic carbocycles. The second-order valence-electron chi connectivity index (χ2n) is 6.96. The van der Waals surface area contributed by atoms with Gasteiger partial charge in [-0.2, -0.15) is 18.2 Å². The molecule has 1 aliphatic rings. The van der Waals surface area contributed by atoms with Crippen molar-refractivity contribution in [3.63, 3.8) is 0 Å². The molecule has 5 nitrogen and oxygen atoms in total. The van der Waals surface area contributed by atoms with Gasteiger partial charge in [-0.15, -0.1) is 0 Å². The number of hydrogen-bond acceptors (Lipinski definition) is 4. The van der Waals surface area contributed by atoms with Crippen LogP contribution in [0.5, 0.6) is 0 Å². The Morgan fingerprint density at radius 3 is 2.54 bits per heavy atom. The van der Waals surface area contributed by atoms with E-state index in [9.17, 15) is 18.0 Å². The Kier molecular flexibility index (Phi) is 4.58. The van der Waals surface area contributed by atoms with Crippen LogP contribution in [0.15, 0.2) is 53.3 Å². The first kappa shape index (κ1) is 18.5. The van der Waals surface area contributed by atoms with E-state index in [0.29, 0.717) is 17.6 Å². The predicted octanol–water partition coefficient (Wildman–Crippen LogP) is 3.44. The lowest BCUT2D eigenvalue weighted by Crippen LogP contribution is -2.24. The number of fused-ring (bicyclic) bond motifs is 1. The minimum Gasteiger partial charge on any atom is -0.396 e. The summed E-state index contributed by atoms with van der Waals surface area (Å²) in [6.07, 6.45) is -3.65. The van der Waals surface area contributed by atoms with Gasteiger partial charge in [-0.25, -0.2) is 4.79 Å². The summed E-state index contributed by atoms with van der Waals surface area (Å²) < 4.78 is 40.9. The lowest BCUT2D eigenvalue weighted by atomic mass is 10.1. The van der Waals surface area contributed by atoms with E-state index in [1.165, 1.54) is 10.6 Å². The normalized spacial score (nSPS) is 19.0. The van der Waals surface area contributed by atoms with Gasteiger partial charge in [0.25, 0.3) is 0 Å². The molecule has 0 radical (unpaired) electrons. The first-order valence-electron chi connectivity index (χ1n) is 8.92. The summed E-state index contributed by atoms with van der Waals surface area (Å²) in [6, 6.07) is 11.8. The number of anilines is 1. The molecule has 4 rings (SSSR count). The van der Waals surface area contributed by atoms with E-state index in [2.05, 4.69) is 10.3 Å². The van der Waals surface area contributed by atoms with Crippen LogP contribution in [-0.2, 0) is 6.18 Å². The van der Waals surface area contributed by atoms with Gasteiger partial charge in [-0.05, 0) is 48.6 Å². The van der Waals surface area contributed by atoms with Gasteiger partial charge in [0.1, 0.15) is 5.82 Å². The number of aliphatic hydroxyl groups is 1. The van der Waals surface area contributed by atoms with Crippen LogP contribution in [0.4, 0.5) is 19.0 Å². The largest absolute Gasteiger partial charge is 0.416 e. The molecule has 1 heterocycles. The molecule has 1 fully saturated rings. The van der Waals surface area contributed by atoms with Crippen molar-refractivity contribution in [1.29, 1.82) is 0 Å². The zero-order valence-electron chi connectivity index (χ0n) is 14.8. The third-order valence-corrected chi connectivity index (χ3v) is 5.07. The van der Waals surface area contributed by atoms with Crippen LogP contribution < -0.4 is 11.0 Å². The average molecular weight is 389 g/mol. The fourth-order valence-electron chi connectivity index (χ4n) is 3.38. The molecular weight excluding hydrogens is 371 g/mol. The minimum absolute atomic E-state index is 0.102. The van der Waals surface area contributed by atoms with Crippen LogP contribution in [0.2, 0.25) is 0 Å². The fraction of sp³-hybridized carbons (Fsp3) is 0.300. The molecular formula is C20H18F3N3O2. The van der Waals surface area contributed by atoms with Crippen molar-refractivity contribution in [3.8, 4) is 5.69 Å². The number of nitrogens with one attached hydrogen (secondary N) is 1. The van der Waals surface area contributed by atoms with E-state index in [0.717, 1.165) is 18.6 Å². The molecule has 1 aromatic heterocycles. The van der Waals surface area contributed by atoms with E-state index >= 15 is 0 Å². The van der Waals surface area contributed by atoms with Gasteiger partial charge < -0.3 is 10.4 Å². The van der Waals surface area contributed by atoms with Crippen molar-refractivity contribution in [1.82, 2.24) is 9.55 Å². The maximum Gasteiger partial charge on any atom is 0.416 e. The number of nitrogens with zero attached hydrogens (tertiary/aromatic N) is 2. The third kappa shape index (κ3) is 3.47. The van der Waals surface area contributed by atoms with Crippen LogP contribution >= 0.6 is 0 Å². The molecule has 0 amide bonds. The second kappa shape index (κ2) is 6.94. The highest BCUT2D eigenvalue weighted by Crippen LogP contribution is 2.38. The van der Waals surface area contributed by atoms with Gasteiger partial charge in [0.05, 0.1) is 16.8 Å². The summed E-state index contributed by atoms with van der Waals surface area (Å²) in [6.45, 7) is 0.605. The van der Waals surface area contributed by atoms with Crippen LogP contribution in [0.3, 0.4) is 0 Å². The highest BCUT2D eigenvalue weighted by Gasteiger charge is 2.36. The Morgan fingerprint density at radius 2 is 1.89 bits per heavy atom. The number of halogens is 3. The summed E-state index contributed by atoms with van der Waals surface area (Å²) in [5.41, 5.74) is -0.907. The number of aliphatic hydroxyl groups excluding tert-OH is 1. The predicted molar refractivity (Wildman–Crippen MR) is 99.5 cm³/mol. The van der Waals surface area contributed by atoms with E-state index in [4.69, 9.17) is 5.11 Å². The maximum atomic E-state index is 13.3. The topological polar surface area (TPSA) is 67.2 Å². The van der Waals surface area contributed by atoms with Crippen LogP contribution in [0, 0.1) is 11.8 Å². The molecule has 28 heavy (non-hydrogen) atoms. The molecule has 3 aromatic rings. The van der Waals surface area contributed by atoms with E-state index < -0.39 is 17.4 Å². The number of alkyl halides is 3. The Hall–Kier alpha value is -2.87. The molecule has 0 aliphatic heterocycles. The van der Waals surface area contributed by atoms with Crippen molar-refractivity contribution in [3.05, 3.63) is 64.6 Å². The monoisotopic (exact) mass is 389 g/mol. The molecule has 2 unspecified atom stereocenters. The molecule has 2 aromatic carbocycles. The van der Waals surface area contributed by atoms with Crippen molar-refractivity contribution in [2.75, 3.05) is 18.5 Å². The quantitative estimate of drug-likeness (QED) is 0.702. The summed E-state index contributed by atoms with van der Waals surface area (Å²) in [5, 5.41) is 12.7. The highest BCUT2D eigenvalue weighted by molar-refractivity contribution is 5.90. The SMILES string of the molecule is O=c1nc(NCC2CC2CO)c2ccc(C(F)(F)F)cc2n1-c1ccccc1. The molecule has 2 atom stereocenters. The second-order valence-corrected chi connectivity index (χ2v) is 6.96. The molecule has 0 bridgehead atoms. The average Bonchev–Trinajstić information content (AvgIpc) is 3.44. The van der Waals surface area contributed by atoms with Gasteiger partial charge in [0.15, 0.2) is 0 Å². The van der Waals surface area contributed by atoms with Crippen LogP contribution in [-0.4, -0.2) is 27.8 Å². The Bertz CT molecular complexity index is 1060. The molecule has 8 heteroatoms. The first-order chi connectivity index (χ1) is 13.4. The van der Waals surface area contributed by atoms with E-state index in [1.54, 1.807) is 30.3 Å². The molecule has 0 spiro atoms. The number of aromatic nitrogens is 2. The van der Waals surface area contributed by atoms with Gasteiger partial charge in [-0.1, -0.05) is 18.2 Å². The van der Waals surface area contributed by atoms with Crippen molar-refractivity contribution >= 4 is 16.7 Å². The maximum absolute atomic E-state index is 13.3. The van der Waals surface area contributed by atoms with Gasteiger partial charge in [0, 0.05) is 18.5 Å². The molecule has 2 N–H and O–H groups in total. The van der Waals surface area contributed by atoms with Gasteiger partial charge in [0.2, 0.25) is 0 Å². The van der Waals surface area contributed by atoms with Crippen LogP contribution in [0.1, 0.15) is 12.0 Å². The molecule has 146 valence electrons. The summed E-state index contributed by atoms with van der Waals surface area (Å²) in [5.74, 6) is 0.748. The third-order valence-electron chi connectivity index (χ3n) is 5.07. The Balaban J connectivity index is 1.85. The number of para-hydroxylation sites is 1. The number of rotatable bonds is 5. The highest BCUT2D eigenvalue weighted by atomic mass is 19.4. The first-order valence-corrected chi connectivity index (χ1v) is 8.92. The van der Waals surface area contributed by atoms with Crippen molar-refractivity contribution in [2.45, 2.75) is 12.6 Å². The number of benzene rings is 2. The van der Waals surface area contributed by atoms with E-state index in [-0.39, 0.29) is 29.8 Å². The lowest BCUT2D eigenvalue weighted by Gasteiger charge is -2.16. The summed E-state index contributed by atoms with van der Waals surface area (Å²) in [4.78, 5) is 16.8. The fourth-order valence-corrected chi connectivity index (χ4v) is 3.38. The Morgan fingerprint density at radius 1 is 1.14 bits per heavy atom.